The Morgan fingerprint density at radius 3 is 2.36 bits per heavy atom. The third-order valence-electron chi connectivity index (χ3n) is 3.49. The second-order valence-corrected chi connectivity index (χ2v) is 5.27. The van der Waals surface area contributed by atoms with E-state index in [4.69, 9.17) is 0 Å². The Balaban J connectivity index is 1.90. The number of aromatic nitrogens is 3. The highest BCUT2D eigenvalue weighted by atomic mass is 16.1. The molecule has 0 bridgehead atoms. The average molecular weight is 292 g/mol. The molecular weight excluding hydrogens is 276 g/mol. The van der Waals surface area contributed by atoms with Gasteiger partial charge in [-0.25, -0.2) is 15.0 Å². The van der Waals surface area contributed by atoms with Crippen molar-refractivity contribution in [3.63, 3.8) is 0 Å². The van der Waals surface area contributed by atoms with Crippen LogP contribution in [0.1, 0.15) is 27.3 Å². The first-order chi connectivity index (χ1) is 10.5. The van der Waals surface area contributed by atoms with Gasteiger partial charge in [0.15, 0.2) is 0 Å². The van der Waals surface area contributed by atoms with Gasteiger partial charge in [0.05, 0.1) is 22.4 Å². The van der Waals surface area contributed by atoms with E-state index >= 15 is 0 Å². The fraction of sp³-hybridized carbons (Fsp3) is 0.176. The molecule has 5 nitrogen and oxygen atoms in total. The molecule has 0 fully saturated rings. The van der Waals surface area contributed by atoms with Crippen molar-refractivity contribution in [3.8, 4) is 0 Å². The summed E-state index contributed by atoms with van der Waals surface area (Å²) in [5.41, 5.74) is 4.84. The first kappa shape index (κ1) is 14.1. The number of carbonyl (C=O) groups is 1. The molecule has 5 heteroatoms. The van der Waals surface area contributed by atoms with Crippen LogP contribution in [-0.2, 0) is 0 Å². The fourth-order valence-electron chi connectivity index (χ4n) is 2.10. The number of amides is 1. The molecule has 0 aliphatic rings. The predicted octanol–water partition coefficient (Wildman–Crippen LogP) is 3.20. The zero-order chi connectivity index (χ0) is 15.7. The molecule has 2 heterocycles. The molecule has 1 aromatic carbocycles. The number of carbonyl (C=O) groups excluding carboxylic acids is 1. The van der Waals surface area contributed by atoms with E-state index in [0.29, 0.717) is 16.9 Å². The summed E-state index contributed by atoms with van der Waals surface area (Å²) in [7, 11) is 0. The van der Waals surface area contributed by atoms with Crippen LogP contribution >= 0.6 is 0 Å². The lowest BCUT2D eigenvalue weighted by Gasteiger charge is -2.07. The number of pyridine rings is 1. The largest absolute Gasteiger partial charge is 0.307 e. The van der Waals surface area contributed by atoms with Gasteiger partial charge >= 0.3 is 0 Å². The van der Waals surface area contributed by atoms with Crippen LogP contribution in [0.5, 0.6) is 0 Å². The summed E-state index contributed by atoms with van der Waals surface area (Å²) in [6.07, 6.45) is 1.72. The molecule has 0 spiro atoms. The van der Waals surface area contributed by atoms with Crippen LogP contribution in [0.15, 0.2) is 36.5 Å². The fourth-order valence-corrected chi connectivity index (χ4v) is 2.10. The molecular formula is C17H16N4O. The van der Waals surface area contributed by atoms with Crippen molar-refractivity contribution in [2.45, 2.75) is 20.8 Å². The Morgan fingerprint density at radius 1 is 0.955 bits per heavy atom. The second-order valence-electron chi connectivity index (χ2n) is 5.27. The predicted molar refractivity (Wildman–Crippen MR) is 85.9 cm³/mol. The lowest BCUT2D eigenvalue weighted by molar-refractivity contribution is 0.102. The molecule has 0 aliphatic heterocycles. The van der Waals surface area contributed by atoms with Gasteiger partial charge in [0, 0.05) is 11.8 Å². The summed E-state index contributed by atoms with van der Waals surface area (Å²) in [5.74, 6) is 0.320. The van der Waals surface area contributed by atoms with Crippen molar-refractivity contribution < 1.29 is 4.79 Å². The Morgan fingerprint density at radius 2 is 1.68 bits per heavy atom. The van der Waals surface area contributed by atoms with Crippen LogP contribution < -0.4 is 5.32 Å². The number of nitrogens with zero attached hydrogens (tertiary/aromatic N) is 3. The zero-order valence-electron chi connectivity index (χ0n) is 12.7. The quantitative estimate of drug-likeness (QED) is 0.787. The molecule has 0 unspecified atom stereocenters. The van der Waals surface area contributed by atoms with Crippen LogP contribution in [0, 0.1) is 20.8 Å². The van der Waals surface area contributed by atoms with E-state index in [0.717, 1.165) is 22.5 Å². The second kappa shape index (κ2) is 5.52. The van der Waals surface area contributed by atoms with E-state index in [2.05, 4.69) is 20.3 Å². The lowest BCUT2D eigenvalue weighted by Crippen LogP contribution is -2.13. The Kier molecular flexibility index (Phi) is 3.55. The van der Waals surface area contributed by atoms with Crippen molar-refractivity contribution in [3.05, 3.63) is 59.0 Å². The van der Waals surface area contributed by atoms with Crippen LogP contribution in [0.25, 0.3) is 11.0 Å². The third kappa shape index (κ3) is 2.79. The number of hydrogen-bond donors (Lipinski definition) is 1. The van der Waals surface area contributed by atoms with Gasteiger partial charge in [0.25, 0.3) is 5.91 Å². The van der Waals surface area contributed by atoms with E-state index in [1.54, 1.807) is 24.4 Å². The molecule has 0 saturated carbocycles. The molecule has 0 saturated heterocycles. The average Bonchev–Trinajstić information content (AvgIpc) is 2.50. The van der Waals surface area contributed by atoms with Crippen molar-refractivity contribution in [1.29, 1.82) is 0 Å². The van der Waals surface area contributed by atoms with Gasteiger partial charge in [-0.15, -0.1) is 0 Å². The maximum absolute atomic E-state index is 12.3. The monoisotopic (exact) mass is 292 g/mol. The van der Waals surface area contributed by atoms with E-state index < -0.39 is 0 Å². The van der Waals surface area contributed by atoms with Crippen molar-refractivity contribution in [1.82, 2.24) is 15.0 Å². The highest BCUT2D eigenvalue weighted by molar-refractivity contribution is 6.05. The van der Waals surface area contributed by atoms with Gasteiger partial charge in [0.1, 0.15) is 5.82 Å². The SMILES string of the molecule is Cc1ccc(NC(=O)c2ccc3nc(C)c(C)nc3c2)nc1. The summed E-state index contributed by atoms with van der Waals surface area (Å²) in [6, 6.07) is 8.99. The van der Waals surface area contributed by atoms with Crippen molar-refractivity contribution in [2.75, 3.05) is 5.32 Å². The standard InChI is InChI=1S/C17H16N4O/c1-10-4-7-16(18-9-10)21-17(22)13-5-6-14-15(8-13)20-12(3)11(2)19-14/h4-9H,1-3H3,(H,18,21,22). The topological polar surface area (TPSA) is 67.8 Å². The van der Waals surface area contributed by atoms with Gasteiger partial charge in [-0.05, 0) is 50.6 Å². The third-order valence-corrected chi connectivity index (χ3v) is 3.49. The van der Waals surface area contributed by atoms with E-state index in [1.165, 1.54) is 0 Å². The number of fused-ring (bicyclic) bond motifs is 1. The molecule has 0 aliphatic carbocycles. The lowest BCUT2D eigenvalue weighted by atomic mass is 10.1. The summed E-state index contributed by atoms with van der Waals surface area (Å²) in [6.45, 7) is 5.78. The molecule has 1 amide bonds. The van der Waals surface area contributed by atoms with E-state index in [9.17, 15) is 4.79 Å². The van der Waals surface area contributed by atoms with Gasteiger partial charge in [-0.2, -0.15) is 0 Å². The van der Waals surface area contributed by atoms with Gasteiger partial charge in [-0.1, -0.05) is 6.07 Å². The van der Waals surface area contributed by atoms with E-state index in [-0.39, 0.29) is 5.91 Å². The molecule has 110 valence electrons. The minimum absolute atomic E-state index is 0.210. The molecule has 22 heavy (non-hydrogen) atoms. The highest BCUT2D eigenvalue weighted by Crippen LogP contribution is 2.15. The number of aryl methyl sites for hydroxylation is 3. The molecule has 0 radical (unpaired) electrons. The normalized spacial score (nSPS) is 10.7. The van der Waals surface area contributed by atoms with Gasteiger partial charge in [0.2, 0.25) is 0 Å². The van der Waals surface area contributed by atoms with Gasteiger partial charge < -0.3 is 5.32 Å². The number of anilines is 1. The van der Waals surface area contributed by atoms with Crippen molar-refractivity contribution in [2.24, 2.45) is 0 Å². The summed E-state index contributed by atoms with van der Waals surface area (Å²) < 4.78 is 0. The summed E-state index contributed by atoms with van der Waals surface area (Å²) in [5, 5.41) is 2.78. The maximum Gasteiger partial charge on any atom is 0.256 e. The number of benzene rings is 1. The zero-order valence-corrected chi connectivity index (χ0v) is 12.7. The van der Waals surface area contributed by atoms with Crippen LogP contribution in [0.4, 0.5) is 5.82 Å². The Bertz CT molecular complexity index is 856. The first-order valence-corrected chi connectivity index (χ1v) is 7.02. The highest BCUT2D eigenvalue weighted by Gasteiger charge is 2.09. The number of nitrogens with one attached hydrogen (secondary N) is 1. The summed E-state index contributed by atoms with van der Waals surface area (Å²) in [4.78, 5) is 25.4. The summed E-state index contributed by atoms with van der Waals surface area (Å²) >= 11 is 0. The Hall–Kier alpha value is -2.82. The molecule has 3 rings (SSSR count). The van der Waals surface area contributed by atoms with Crippen LogP contribution in [-0.4, -0.2) is 20.9 Å². The molecule has 1 N–H and O–H groups in total. The minimum atomic E-state index is -0.210. The van der Waals surface area contributed by atoms with Crippen LogP contribution in [0.2, 0.25) is 0 Å². The smallest absolute Gasteiger partial charge is 0.256 e. The molecule has 2 aromatic heterocycles. The van der Waals surface area contributed by atoms with Crippen LogP contribution in [0.3, 0.4) is 0 Å². The number of hydrogen-bond acceptors (Lipinski definition) is 4. The van der Waals surface area contributed by atoms with Gasteiger partial charge in [-0.3, -0.25) is 4.79 Å². The maximum atomic E-state index is 12.3. The van der Waals surface area contributed by atoms with Crippen molar-refractivity contribution >= 4 is 22.8 Å². The number of rotatable bonds is 2. The Labute approximate surface area is 128 Å². The first-order valence-electron chi connectivity index (χ1n) is 7.02. The minimum Gasteiger partial charge on any atom is -0.307 e. The van der Waals surface area contributed by atoms with E-state index in [1.807, 2.05) is 32.9 Å². The molecule has 0 atom stereocenters. The molecule has 3 aromatic rings.